The fraction of sp³-hybridized carbons (Fsp3) is 0.300. The minimum Gasteiger partial charge on any atom is -0.358 e. The van der Waals surface area contributed by atoms with Crippen LogP contribution in [-0.2, 0) is 6.42 Å². The van der Waals surface area contributed by atoms with Crippen LogP contribution >= 0.6 is 23.2 Å². The number of nitrogens with zero attached hydrogens (tertiary/aromatic N) is 1. The smallest absolute Gasteiger partial charge is 0.0595 e. The van der Waals surface area contributed by atoms with Crippen LogP contribution in [0.5, 0.6) is 0 Å². The molecule has 0 saturated carbocycles. The quantitative estimate of drug-likeness (QED) is 0.642. The summed E-state index contributed by atoms with van der Waals surface area (Å²) in [4.78, 5) is 6.19. The SMILES string of the molecule is CCN1CCc2c([nH]c3ccccc23)C(c2ccc(Cl)c(Cl)c2)C1. The van der Waals surface area contributed by atoms with Gasteiger partial charge >= 0.3 is 0 Å². The number of para-hydroxylation sites is 1. The lowest BCUT2D eigenvalue weighted by Gasteiger charge is -2.23. The van der Waals surface area contributed by atoms with Gasteiger partial charge in [0.2, 0.25) is 0 Å². The van der Waals surface area contributed by atoms with Crippen LogP contribution < -0.4 is 0 Å². The number of aromatic nitrogens is 1. The van der Waals surface area contributed by atoms with E-state index in [1.165, 1.54) is 27.7 Å². The van der Waals surface area contributed by atoms with Crippen LogP contribution in [0, 0.1) is 0 Å². The predicted octanol–water partition coefficient (Wildman–Crippen LogP) is 5.48. The highest BCUT2D eigenvalue weighted by Crippen LogP contribution is 2.37. The Kier molecular flexibility index (Phi) is 4.29. The van der Waals surface area contributed by atoms with Crippen molar-refractivity contribution in [1.29, 1.82) is 0 Å². The third-order valence-corrected chi connectivity index (χ3v) is 5.85. The maximum absolute atomic E-state index is 6.29. The van der Waals surface area contributed by atoms with Crippen molar-refractivity contribution < 1.29 is 0 Å². The van der Waals surface area contributed by atoms with E-state index in [1.807, 2.05) is 12.1 Å². The number of likely N-dealkylation sites (N-methyl/N-ethyl adjacent to an activating group) is 1. The molecular weight excluding hydrogens is 339 g/mol. The first-order valence-electron chi connectivity index (χ1n) is 8.44. The Balaban J connectivity index is 1.88. The lowest BCUT2D eigenvalue weighted by Crippen LogP contribution is -2.28. The largest absolute Gasteiger partial charge is 0.358 e. The molecule has 3 aromatic rings. The molecule has 0 fully saturated rings. The van der Waals surface area contributed by atoms with Crippen molar-refractivity contribution in [2.24, 2.45) is 0 Å². The summed E-state index contributed by atoms with van der Waals surface area (Å²) in [6, 6.07) is 14.6. The van der Waals surface area contributed by atoms with E-state index in [-0.39, 0.29) is 5.92 Å². The van der Waals surface area contributed by atoms with Gasteiger partial charge in [0.15, 0.2) is 0 Å². The average Bonchev–Trinajstić information content (AvgIpc) is 2.86. The van der Waals surface area contributed by atoms with Crippen LogP contribution in [0.3, 0.4) is 0 Å². The number of H-pyrrole nitrogens is 1. The van der Waals surface area contributed by atoms with Crippen LogP contribution in [0.1, 0.15) is 29.7 Å². The number of aromatic amines is 1. The Labute approximate surface area is 152 Å². The third-order valence-electron chi connectivity index (χ3n) is 5.11. The third kappa shape index (κ3) is 2.73. The van der Waals surface area contributed by atoms with Crippen molar-refractivity contribution >= 4 is 34.1 Å². The molecule has 1 aliphatic heterocycles. The molecule has 1 atom stereocenters. The number of hydrogen-bond donors (Lipinski definition) is 1. The van der Waals surface area contributed by atoms with E-state index in [1.54, 1.807) is 0 Å². The molecule has 1 N–H and O–H groups in total. The number of rotatable bonds is 2. The summed E-state index contributed by atoms with van der Waals surface area (Å²) in [5.74, 6) is 0.282. The lowest BCUT2D eigenvalue weighted by molar-refractivity contribution is 0.291. The monoisotopic (exact) mass is 358 g/mol. The van der Waals surface area contributed by atoms with Crippen molar-refractivity contribution in [3.63, 3.8) is 0 Å². The maximum atomic E-state index is 6.29. The predicted molar refractivity (Wildman–Crippen MR) is 102 cm³/mol. The number of nitrogens with one attached hydrogen (secondary N) is 1. The first-order valence-corrected chi connectivity index (χ1v) is 9.19. The van der Waals surface area contributed by atoms with Crippen LogP contribution in [0.4, 0.5) is 0 Å². The van der Waals surface area contributed by atoms with Crippen molar-refractivity contribution in [2.45, 2.75) is 19.3 Å². The molecular formula is C20H20Cl2N2. The number of benzene rings is 2. The summed E-state index contributed by atoms with van der Waals surface area (Å²) in [5.41, 5.74) is 5.21. The Morgan fingerprint density at radius 3 is 2.75 bits per heavy atom. The Morgan fingerprint density at radius 2 is 1.96 bits per heavy atom. The molecule has 4 rings (SSSR count). The van der Waals surface area contributed by atoms with Gasteiger partial charge in [-0.1, -0.05) is 54.4 Å². The minimum atomic E-state index is 0.282. The zero-order valence-electron chi connectivity index (χ0n) is 13.7. The average molecular weight is 359 g/mol. The van der Waals surface area contributed by atoms with Gasteiger partial charge in [-0.3, -0.25) is 0 Å². The van der Waals surface area contributed by atoms with Gasteiger partial charge in [-0.2, -0.15) is 0 Å². The van der Waals surface area contributed by atoms with Crippen molar-refractivity contribution in [3.05, 3.63) is 69.3 Å². The van der Waals surface area contributed by atoms with Gasteiger partial charge in [-0.25, -0.2) is 0 Å². The molecule has 0 amide bonds. The van der Waals surface area contributed by atoms with Crippen LogP contribution in [0.25, 0.3) is 10.9 Å². The van der Waals surface area contributed by atoms with Gasteiger partial charge in [0.05, 0.1) is 10.0 Å². The molecule has 0 radical (unpaired) electrons. The Morgan fingerprint density at radius 1 is 1.12 bits per heavy atom. The minimum absolute atomic E-state index is 0.282. The zero-order valence-corrected chi connectivity index (χ0v) is 15.2. The van der Waals surface area contributed by atoms with Crippen LogP contribution in [0.2, 0.25) is 10.0 Å². The fourth-order valence-electron chi connectivity index (χ4n) is 3.79. The normalized spacial score (nSPS) is 18.5. The van der Waals surface area contributed by atoms with E-state index in [0.29, 0.717) is 10.0 Å². The molecule has 4 heteroatoms. The molecule has 0 aliphatic carbocycles. The summed E-state index contributed by atoms with van der Waals surface area (Å²) in [7, 11) is 0. The molecule has 2 aromatic carbocycles. The summed E-state index contributed by atoms with van der Waals surface area (Å²) in [6.07, 6.45) is 1.07. The molecule has 0 saturated heterocycles. The number of fused-ring (bicyclic) bond motifs is 3. The molecule has 0 spiro atoms. The highest BCUT2D eigenvalue weighted by molar-refractivity contribution is 6.42. The van der Waals surface area contributed by atoms with Crippen molar-refractivity contribution in [3.8, 4) is 0 Å². The van der Waals surface area contributed by atoms with Crippen molar-refractivity contribution in [1.82, 2.24) is 9.88 Å². The molecule has 1 aliphatic rings. The standard InChI is InChI=1S/C20H20Cl2N2/c1-2-24-10-9-15-14-5-3-4-6-19(14)23-20(15)16(12-24)13-7-8-17(21)18(22)11-13/h3-8,11,16,23H,2,9-10,12H2,1H3. The van der Waals surface area contributed by atoms with Gasteiger partial charge in [0.25, 0.3) is 0 Å². The van der Waals surface area contributed by atoms with Gasteiger partial charge in [0.1, 0.15) is 0 Å². The van der Waals surface area contributed by atoms with E-state index in [0.717, 1.165) is 26.1 Å². The lowest BCUT2D eigenvalue weighted by atomic mass is 9.92. The van der Waals surface area contributed by atoms with Gasteiger partial charge < -0.3 is 9.88 Å². The van der Waals surface area contributed by atoms with Crippen molar-refractivity contribution in [2.75, 3.05) is 19.6 Å². The van der Waals surface area contributed by atoms with Crippen LogP contribution in [-0.4, -0.2) is 29.5 Å². The molecule has 1 unspecified atom stereocenters. The second-order valence-electron chi connectivity index (χ2n) is 6.43. The van der Waals surface area contributed by atoms with Crippen LogP contribution in [0.15, 0.2) is 42.5 Å². The second-order valence-corrected chi connectivity index (χ2v) is 7.25. The fourth-order valence-corrected chi connectivity index (χ4v) is 4.09. The second kappa shape index (κ2) is 6.44. The summed E-state index contributed by atoms with van der Waals surface area (Å²) in [6.45, 7) is 5.36. The molecule has 0 bridgehead atoms. The van der Waals surface area contributed by atoms with E-state index in [2.05, 4.69) is 47.1 Å². The molecule has 2 heterocycles. The molecule has 124 valence electrons. The summed E-state index contributed by atoms with van der Waals surface area (Å²) >= 11 is 12.4. The maximum Gasteiger partial charge on any atom is 0.0595 e. The highest BCUT2D eigenvalue weighted by atomic mass is 35.5. The van der Waals surface area contributed by atoms with E-state index in [9.17, 15) is 0 Å². The highest BCUT2D eigenvalue weighted by Gasteiger charge is 2.27. The van der Waals surface area contributed by atoms with Gasteiger partial charge in [-0.15, -0.1) is 0 Å². The number of halogens is 2. The summed E-state index contributed by atoms with van der Waals surface area (Å²) in [5, 5.41) is 2.58. The first-order chi connectivity index (χ1) is 11.7. The Bertz CT molecular complexity index is 884. The number of hydrogen-bond acceptors (Lipinski definition) is 1. The molecule has 24 heavy (non-hydrogen) atoms. The van der Waals surface area contributed by atoms with Gasteiger partial charge in [-0.05, 0) is 42.3 Å². The zero-order chi connectivity index (χ0) is 16.7. The van der Waals surface area contributed by atoms with E-state index in [4.69, 9.17) is 23.2 Å². The van der Waals surface area contributed by atoms with E-state index < -0.39 is 0 Å². The topological polar surface area (TPSA) is 19.0 Å². The van der Waals surface area contributed by atoms with Gasteiger partial charge in [0, 0.05) is 35.6 Å². The summed E-state index contributed by atoms with van der Waals surface area (Å²) < 4.78 is 0. The first kappa shape index (κ1) is 16.0. The molecule has 2 nitrogen and oxygen atoms in total. The van der Waals surface area contributed by atoms with E-state index >= 15 is 0 Å². The Hall–Kier alpha value is -1.48. The molecule has 1 aromatic heterocycles.